The van der Waals surface area contributed by atoms with Crippen LogP contribution in [0.2, 0.25) is 0 Å². The van der Waals surface area contributed by atoms with Crippen molar-refractivity contribution >= 4 is 41.5 Å². The van der Waals surface area contributed by atoms with Gasteiger partial charge >= 0.3 is 0 Å². The summed E-state index contributed by atoms with van der Waals surface area (Å²) in [5, 5.41) is 9.01. The van der Waals surface area contributed by atoms with Gasteiger partial charge in [-0.3, -0.25) is 9.79 Å². The van der Waals surface area contributed by atoms with Crippen molar-refractivity contribution in [1.29, 1.82) is 0 Å². The summed E-state index contributed by atoms with van der Waals surface area (Å²) in [4.78, 5) is 16.2. The van der Waals surface area contributed by atoms with E-state index in [1.807, 2.05) is 0 Å². The number of amides is 1. The monoisotopic (exact) mass is 506 g/mol. The average Bonchev–Trinajstić information content (AvgIpc) is 2.63. The van der Waals surface area contributed by atoms with Crippen LogP contribution in [0.4, 0.5) is 10.1 Å². The summed E-state index contributed by atoms with van der Waals surface area (Å²) in [5.74, 6) is 0.405. The summed E-state index contributed by atoms with van der Waals surface area (Å²) in [6, 6.07) is 5.66. The predicted molar refractivity (Wildman–Crippen MR) is 122 cm³/mol. The molecule has 0 saturated carbocycles. The highest BCUT2D eigenvalue weighted by atomic mass is 127. The molecule has 1 amide bonds. The molecule has 2 rings (SSSR count). The minimum absolute atomic E-state index is 0. The molecule has 1 aromatic rings. The van der Waals surface area contributed by atoms with Gasteiger partial charge in [-0.2, -0.15) is 0 Å². The van der Waals surface area contributed by atoms with Gasteiger partial charge in [-0.05, 0) is 42.5 Å². The number of rotatable bonds is 5. The Morgan fingerprint density at radius 3 is 2.54 bits per heavy atom. The number of carbonyl (C=O) groups is 1. The molecule has 2 atom stereocenters. The van der Waals surface area contributed by atoms with Gasteiger partial charge in [0.1, 0.15) is 5.82 Å². The highest BCUT2D eigenvalue weighted by molar-refractivity contribution is 14.0. The first-order valence-electron chi connectivity index (χ1n) is 9.41. The Hall–Kier alpha value is -1.42. The molecule has 3 N–H and O–H groups in total. The molecule has 1 aliphatic rings. The number of guanidine groups is 1. The van der Waals surface area contributed by atoms with Crippen molar-refractivity contribution in [2.24, 2.45) is 16.3 Å². The Kier molecular flexibility index (Phi) is 10.2. The molecule has 8 heteroatoms. The van der Waals surface area contributed by atoms with Crippen LogP contribution < -0.4 is 16.0 Å². The highest BCUT2D eigenvalue weighted by Crippen LogP contribution is 2.33. The van der Waals surface area contributed by atoms with Crippen LogP contribution in [0.5, 0.6) is 0 Å². The lowest BCUT2D eigenvalue weighted by molar-refractivity contribution is -0.115. The number of nitrogens with zero attached hydrogens (tertiary/aromatic N) is 1. The fourth-order valence-corrected chi connectivity index (χ4v) is 3.36. The molecule has 1 aromatic carbocycles. The van der Waals surface area contributed by atoms with Crippen molar-refractivity contribution in [3.63, 3.8) is 0 Å². The number of anilines is 1. The van der Waals surface area contributed by atoms with E-state index in [-0.39, 0.29) is 53.8 Å². The zero-order chi connectivity index (χ0) is 19.9. The van der Waals surface area contributed by atoms with E-state index in [1.165, 1.54) is 24.3 Å². The van der Waals surface area contributed by atoms with E-state index in [9.17, 15) is 9.18 Å². The Morgan fingerprint density at radius 1 is 1.25 bits per heavy atom. The molecule has 0 bridgehead atoms. The minimum atomic E-state index is -0.337. The SMILES string of the molecule is CN=C(NCC(=O)Nc1ccc(F)cc1)NCC1CCCOC1C(C)(C)C.I. The van der Waals surface area contributed by atoms with E-state index in [2.05, 4.69) is 41.7 Å². The molecular weight excluding hydrogens is 474 g/mol. The Labute approximate surface area is 184 Å². The number of benzene rings is 1. The lowest BCUT2D eigenvalue weighted by atomic mass is 9.78. The molecule has 1 saturated heterocycles. The van der Waals surface area contributed by atoms with Gasteiger partial charge < -0.3 is 20.7 Å². The third-order valence-electron chi connectivity index (χ3n) is 4.60. The van der Waals surface area contributed by atoms with Crippen molar-refractivity contribution in [3.8, 4) is 0 Å². The maximum absolute atomic E-state index is 12.9. The number of hydrogen-bond acceptors (Lipinski definition) is 3. The van der Waals surface area contributed by atoms with Gasteiger partial charge in [-0.25, -0.2) is 4.39 Å². The van der Waals surface area contributed by atoms with Crippen LogP contribution in [0.25, 0.3) is 0 Å². The molecule has 0 aromatic heterocycles. The third-order valence-corrected chi connectivity index (χ3v) is 4.60. The van der Waals surface area contributed by atoms with Crippen LogP contribution in [-0.4, -0.2) is 44.7 Å². The highest BCUT2D eigenvalue weighted by Gasteiger charge is 2.35. The molecule has 1 heterocycles. The quantitative estimate of drug-likeness (QED) is 0.325. The number of aliphatic imine (C=N–C) groups is 1. The van der Waals surface area contributed by atoms with Crippen LogP contribution in [0.15, 0.2) is 29.3 Å². The predicted octanol–water partition coefficient (Wildman–Crippen LogP) is 3.39. The van der Waals surface area contributed by atoms with E-state index in [0.29, 0.717) is 17.6 Å². The number of carbonyl (C=O) groups excluding carboxylic acids is 1. The summed E-state index contributed by atoms with van der Waals surface area (Å²) >= 11 is 0. The van der Waals surface area contributed by atoms with Crippen molar-refractivity contribution < 1.29 is 13.9 Å². The lowest BCUT2D eigenvalue weighted by Gasteiger charge is -2.40. The Bertz CT molecular complexity index is 647. The Morgan fingerprint density at radius 2 is 1.93 bits per heavy atom. The van der Waals surface area contributed by atoms with Crippen molar-refractivity contribution in [3.05, 3.63) is 30.1 Å². The topological polar surface area (TPSA) is 74.8 Å². The van der Waals surface area contributed by atoms with Crippen LogP contribution in [-0.2, 0) is 9.53 Å². The van der Waals surface area contributed by atoms with Crippen LogP contribution in [0.3, 0.4) is 0 Å². The molecular formula is C20H32FIN4O2. The summed E-state index contributed by atoms with van der Waals surface area (Å²) in [6.07, 6.45) is 2.36. The molecule has 0 radical (unpaired) electrons. The molecule has 1 aliphatic heterocycles. The Balaban J connectivity index is 0.00000392. The van der Waals surface area contributed by atoms with E-state index >= 15 is 0 Å². The summed E-state index contributed by atoms with van der Waals surface area (Å²) in [5.41, 5.74) is 0.636. The standard InChI is InChI=1S/C20H31FN4O2.HI/c1-20(2,3)18-14(6-5-11-27-18)12-23-19(22-4)24-13-17(26)25-16-9-7-15(21)8-10-16;/h7-10,14,18H,5-6,11-13H2,1-4H3,(H,25,26)(H2,22,23,24);1H. The zero-order valence-electron chi connectivity index (χ0n) is 17.0. The van der Waals surface area contributed by atoms with E-state index in [0.717, 1.165) is 26.0 Å². The lowest BCUT2D eigenvalue weighted by Crippen LogP contribution is -2.48. The summed E-state index contributed by atoms with van der Waals surface area (Å²) in [6.45, 7) is 8.21. The first kappa shape index (κ1) is 24.6. The normalized spacial score (nSPS) is 20.1. The number of halogens is 2. The van der Waals surface area contributed by atoms with Crippen molar-refractivity contribution in [2.75, 3.05) is 32.1 Å². The average molecular weight is 506 g/mol. The molecule has 158 valence electrons. The van der Waals surface area contributed by atoms with Crippen LogP contribution in [0.1, 0.15) is 33.6 Å². The second kappa shape index (κ2) is 11.5. The second-order valence-corrected chi connectivity index (χ2v) is 7.92. The van der Waals surface area contributed by atoms with Gasteiger partial charge in [0.15, 0.2) is 5.96 Å². The number of hydrogen-bond donors (Lipinski definition) is 3. The van der Waals surface area contributed by atoms with E-state index < -0.39 is 0 Å². The van der Waals surface area contributed by atoms with E-state index in [4.69, 9.17) is 4.74 Å². The van der Waals surface area contributed by atoms with Gasteiger partial charge in [0.2, 0.25) is 5.91 Å². The maximum atomic E-state index is 12.9. The van der Waals surface area contributed by atoms with Gasteiger partial charge in [0.25, 0.3) is 0 Å². The van der Waals surface area contributed by atoms with Crippen molar-refractivity contribution in [1.82, 2.24) is 10.6 Å². The van der Waals surface area contributed by atoms with Crippen LogP contribution >= 0.6 is 24.0 Å². The summed E-state index contributed by atoms with van der Waals surface area (Å²) < 4.78 is 18.9. The van der Waals surface area contributed by atoms with Crippen molar-refractivity contribution in [2.45, 2.75) is 39.7 Å². The molecule has 6 nitrogen and oxygen atoms in total. The molecule has 1 fully saturated rings. The third kappa shape index (κ3) is 7.90. The van der Waals surface area contributed by atoms with Gasteiger partial charge in [0, 0.05) is 31.8 Å². The zero-order valence-corrected chi connectivity index (χ0v) is 19.4. The van der Waals surface area contributed by atoms with E-state index in [1.54, 1.807) is 7.05 Å². The maximum Gasteiger partial charge on any atom is 0.243 e. The minimum Gasteiger partial charge on any atom is -0.377 e. The largest absolute Gasteiger partial charge is 0.377 e. The fourth-order valence-electron chi connectivity index (χ4n) is 3.36. The van der Waals surface area contributed by atoms with Gasteiger partial charge in [0.05, 0.1) is 12.6 Å². The first-order valence-corrected chi connectivity index (χ1v) is 9.41. The smallest absolute Gasteiger partial charge is 0.243 e. The first-order chi connectivity index (χ1) is 12.8. The fraction of sp³-hybridized carbons (Fsp3) is 0.600. The molecule has 0 aliphatic carbocycles. The molecule has 2 unspecified atom stereocenters. The van der Waals surface area contributed by atoms with Gasteiger partial charge in [-0.15, -0.1) is 24.0 Å². The molecule has 0 spiro atoms. The summed E-state index contributed by atoms with van der Waals surface area (Å²) in [7, 11) is 1.67. The number of ether oxygens (including phenoxy) is 1. The molecule has 28 heavy (non-hydrogen) atoms. The van der Waals surface area contributed by atoms with Gasteiger partial charge in [-0.1, -0.05) is 20.8 Å². The number of nitrogens with one attached hydrogen (secondary N) is 3. The van der Waals surface area contributed by atoms with Crippen LogP contribution in [0, 0.1) is 17.2 Å². The second-order valence-electron chi connectivity index (χ2n) is 7.92.